The summed E-state index contributed by atoms with van der Waals surface area (Å²) in [7, 11) is 3.27. The Hall–Kier alpha value is -4.24. The number of rotatable bonds is 11. The molecule has 3 aromatic carbocycles. The Bertz CT molecular complexity index is 1210. The van der Waals surface area contributed by atoms with Crippen molar-refractivity contribution in [1.29, 1.82) is 0 Å². The largest absolute Gasteiger partial charge is 0.495 e. The molecule has 0 bridgehead atoms. The zero-order valence-corrected chi connectivity index (χ0v) is 21.8. The molecule has 2 N–H and O–H groups in total. The molecular weight excluding hydrogens is 484 g/mol. The molecule has 1 heterocycles. The lowest BCUT2D eigenvalue weighted by Gasteiger charge is -2.38. The van der Waals surface area contributed by atoms with Gasteiger partial charge in [-0.1, -0.05) is 30.3 Å². The highest BCUT2D eigenvalue weighted by Gasteiger charge is 2.24. The number of nitrogens with zero attached hydrogens (tertiary/aromatic N) is 2. The summed E-state index contributed by atoms with van der Waals surface area (Å²) in [5.74, 6) is 0.928. The minimum absolute atomic E-state index is 0.133. The fraction of sp³-hybridized carbons (Fsp3) is 0.310. The third-order valence-electron chi connectivity index (χ3n) is 6.28. The zero-order valence-electron chi connectivity index (χ0n) is 21.8. The number of ether oxygens (including phenoxy) is 3. The molecule has 1 aliphatic heterocycles. The van der Waals surface area contributed by atoms with E-state index >= 15 is 0 Å². The lowest BCUT2D eigenvalue weighted by molar-refractivity contribution is -0.118. The Balaban J connectivity index is 1.46. The molecule has 3 aromatic rings. The predicted octanol–water partition coefficient (Wildman–Crippen LogP) is 3.42. The summed E-state index contributed by atoms with van der Waals surface area (Å²) in [4.78, 5) is 30.1. The van der Waals surface area contributed by atoms with Crippen molar-refractivity contribution in [3.63, 3.8) is 0 Å². The van der Waals surface area contributed by atoms with Crippen LogP contribution in [0.25, 0.3) is 0 Å². The molecule has 9 nitrogen and oxygen atoms in total. The van der Waals surface area contributed by atoms with E-state index in [9.17, 15) is 9.59 Å². The lowest BCUT2D eigenvalue weighted by atomic mass is 10.1. The van der Waals surface area contributed by atoms with Crippen LogP contribution in [0.5, 0.6) is 11.5 Å². The van der Waals surface area contributed by atoms with E-state index in [1.165, 1.54) is 0 Å². The van der Waals surface area contributed by atoms with Crippen molar-refractivity contribution < 1.29 is 23.8 Å². The molecule has 1 fully saturated rings. The number of nitrogens with one attached hydrogen (secondary N) is 2. The van der Waals surface area contributed by atoms with Crippen LogP contribution in [0.2, 0.25) is 0 Å². The molecule has 38 heavy (non-hydrogen) atoms. The van der Waals surface area contributed by atoms with E-state index in [-0.39, 0.29) is 18.4 Å². The molecule has 9 heteroatoms. The highest BCUT2D eigenvalue weighted by Crippen LogP contribution is 2.31. The molecule has 1 aliphatic rings. The number of hydrogen-bond acceptors (Lipinski definition) is 7. The molecule has 1 saturated heterocycles. The van der Waals surface area contributed by atoms with Crippen molar-refractivity contribution in [3.05, 3.63) is 78.4 Å². The van der Waals surface area contributed by atoms with Gasteiger partial charge in [0.25, 0.3) is 11.8 Å². The van der Waals surface area contributed by atoms with Gasteiger partial charge in [-0.15, -0.1) is 0 Å². The average Bonchev–Trinajstić information content (AvgIpc) is 2.97. The Morgan fingerprint density at radius 2 is 1.53 bits per heavy atom. The van der Waals surface area contributed by atoms with Crippen molar-refractivity contribution in [3.8, 4) is 11.5 Å². The van der Waals surface area contributed by atoms with Gasteiger partial charge in [-0.25, -0.2) is 0 Å². The number of hydrogen-bond donors (Lipinski definition) is 2. The average molecular weight is 519 g/mol. The van der Waals surface area contributed by atoms with E-state index in [1.54, 1.807) is 32.4 Å². The molecule has 0 aliphatic carbocycles. The van der Waals surface area contributed by atoms with Crippen molar-refractivity contribution in [2.75, 3.05) is 75.3 Å². The van der Waals surface area contributed by atoms with Gasteiger partial charge in [-0.3, -0.25) is 9.59 Å². The van der Waals surface area contributed by atoms with Crippen molar-refractivity contribution in [2.45, 2.75) is 0 Å². The van der Waals surface area contributed by atoms with Crippen LogP contribution >= 0.6 is 0 Å². The van der Waals surface area contributed by atoms with Gasteiger partial charge in [0.15, 0.2) is 6.61 Å². The van der Waals surface area contributed by atoms with E-state index in [1.807, 2.05) is 48.5 Å². The van der Waals surface area contributed by atoms with Crippen LogP contribution in [0.1, 0.15) is 10.4 Å². The van der Waals surface area contributed by atoms with Gasteiger partial charge >= 0.3 is 0 Å². The molecule has 0 atom stereocenters. The minimum atomic E-state index is -0.308. The molecule has 0 saturated carbocycles. The monoisotopic (exact) mass is 518 g/mol. The van der Waals surface area contributed by atoms with Crippen LogP contribution in [0.4, 0.5) is 17.1 Å². The summed E-state index contributed by atoms with van der Waals surface area (Å²) in [6, 6.07) is 22.5. The molecule has 4 rings (SSSR count). The van der Waals surface area contributed by atoms with Crippen molar-refractivity contribution in [2.24, 2.45) is 0 Å². The molecule has 2 amide bonds. The number of methoxy groups -OCH3 is 2. The van der Waals surface area contributed by atoms with Gasteiger partial charge in [0.1, 0.15) is 11.5 Å². The van der Waals surface area contributed by atoms with Crippen LogP contribution in [0, 0.1) is 0 Å². The van der Waals surface area contributed by atoms with E-state index in [2.05, 4.69) is 26.5 Å². The number of para-hydroxylation sites is 3. The highest BCUT2D eigenvalue weighted by molar-refractivity contribution is 6.02. The first kappa shape index (κ1) is 26.8. The summed E-state index contributed by atoms with van der Waals surface area (Å²) >= 11 is 0. The maximum absolute atomic E-state index is 13.1. The normalized spacial score (nSPS) is 13.1. The Labute approximate surface area is 223 Å². The molecule has 200 valence electrons. The quantitative estimate of drug-likeness (QED) is 0.376. The van der Waals surface area contributed by atoms with E-state index in [0.29, 0.717) is 30.2 Å². The standard InChI is InChI=1S/C29H34N4O5/c1-36-19-14-30-29(35)24-20-22(31-28(34)21-38-23-8-4-3-5-9-23)12-13-25(24)32-15-17-33(18-16-32)26-10-6-7-11-27(26)37-2/h3-13,20H,14-19,21H2,1-2H3,(H,30,35)(H,31,34). The Kier molecular flexibility index (Phi) is 9.42. The van der Waals surface area contributed by atoms with Crippen LogP contribution in [-0.4, -0.2) is 72.0 Å². The maximum atomic E-state index is 13.1. The Morgan fingerprint density at radius 3 is 2.24 bits per heavy atom. The number of anilines is 3. The smallest absolute Gasteiger partial charge is 0.262 e. The summed E-state index contributed by atoms with van der Waals surface area (Å²) in [6.45, 7) is 3.68. The highest BCUT2D eigenvalue weighted by atomic mass is 16.5. The van der Waals surface area contributed by atoms with E-state index in [4.69, 9.17) is 14.2 Å². The predicted molar refractivity (Wildman–Crippen MR) is 149 cm³/mol. The number of carbonyl (C=O) groups excluding carboxylic acids is 2. The van der Waals surface area contributed by atoms with Crippen LogP contribution < -0.4 is 29.9 Å². The minimum Gasteiger partial charge on any atom is -0.495 e. The van der Waals surface area contributed by atoms with Gasteiger partial charge in [0.05, 0.1) is 25.0 Å². The number of amides is 2. The maximum Gasteiger partial charge on any atom is 0.262 e. The summed E-state index contributed by atoms with van der Waals surface area (Å²) in [5, 5.41) is 5.74. The van der Waals surface area contributed by atoms with Crippen molar-refractivity contribution >= 4 is 28.9 Å². The van der Waals surface area contributed by atoms with Gasteiger partial charge < -0.3 is 34.6 Å². The van der Waals surface area contributed by atoms with Gasteiger partial charge in [0.2, 0.25) is 0 Å². The Morgan fingerprint density at radius 1 is 0.842 bits per heavy atom. The van der Waals surface area contributed by atoms with Gasteiger partial charge in [-0.05, 0) is 42.5 Å². The SMILES string of the molecule is COCCNC(=O)c1cc(NC(=O)COc2ccccc2)ccc1N1CCN(c2ccccc2OC)CC1. The first-order valence-electron chi connectivity index (χ1n) is 12.6. The molecular formula is C29H34N4O5. The third kappa shape index (κ3) is 6.95. The van der Waals surface area contributed by atoms with E-state index < -0.39 is 0 Å². The van der Waals surface area contributed by atoms with Gasteiger partial charge in [-0.2, -0.15) is 0 Å². The molecule has 0 unspecified atom stereocenters. The molecule has 0 radical (unpaired) electrons. The second kappa shape index (κ2) is 13.3. The fourth-order valence-electron chi connectivity index (χ4n) is 4.38. The number of benzene rings is 3. The van der Waals surface area contributed by atoms with Crippen LogP contribution in [0.3, 0.4) is 0 Å². The first-order valence-corrected chi connectivity index (χ1v) is 12.6. The van der Waals surface area contributed by atoms with Crippen LogP contribution in [0.15, 0.2) is 72.8 Å². The topological polar surface area (TPSA) is 92.4 Å². The summed E-state index contributed by atoms with van der Waals surface area (Å²) in [6.07, 6.45) is 0. The number of piperazine rings is 1. The third-order valence-corrected chi connectivity index (χ3v) is 6.28. The second-order valence-corrected chi connectivity index (χ2v) is 8.78. The molecule has 0 aromatic heterocycles. The lowest BCUT2D eigenvalue weighted by Crippen LogP contribution is -2.47. The van der Waals surface area contributed by atoms with Crippen molar-refractivity contribution in [1.82, 2.24) is 5.32 Å². The second-order valence-electron chi connectivity index (χ2n) is 8.78. The number of carbonyl (C=O) groups is 2. The van der Waals surface area contributed by atoms with Gasteiger partial charge in [0, 0.05) is 51.2 Å². The zero-order chi connectivity index (χ0) is 26.7. The summed E-state index contributed by atoms with van der Waals surface area (Å²) in [5.41, 5.74) is 2.90. The fourth-order valence-corrected chi connectivity index (χ4v) is 4.38. The summed E-state index contributed by atoms with van der Waals surface area (Å²) < 4.78 is 16.1. The van der Waals surface area contributed by atoms with Crippen LogP contribution in [-0.2, 0) is 9.53 Å². The first-order chi connectivity index (χ1) is 18.6. The van der Waals surface area contributed by atoms with E-state index in [0.717, 1.165) is 43.3 Å². The molecule has 0 spiro atoms.